The SMILES string of the molecule is CCNC(=NCc1ccc(S(=O)(=O)NC)cc1)NCCSC. The van der Waals surface area contributed by atoms with Gasteiger partial charge in [0.1, 0.15) is 0 Å². The number of aliphatic imine (C=N–C) groups is 1. The van der Waals surface area contributed by atoms with Crippen LogP contribution >= 0.6 is 11.8 Å². The van der Waals surface area contributed by atoms with Crippen LogP contribution in [-0.4, -0.2) is 46.5 Å². The van der Waals surface area contributed by atoms with E-state index in [1.54, 1.807) is 36.0 Å². The highest BCUT2D eigenvalue weighted by Gasteiger charge is 2.10. The van der Waals surface area contributed by atoms with Crippen LogP contribution in [0.25, 0.3) is 0 Å². The first-order chi connectivity index (χ1) is 10.5. The van der Waals surface area contributed by atoms with E-state index < -0.39 is 10.0 Å². The molecule has 0 heterocycles. The Balaban J connectivity index is 2.69. The first kappa shape index (κ1) is 18.8. The van der Waals surface area contributed by atoms with Gasteiger partial charge in [-0.3, -0.25) is 0 Å². The number of hydrogen-bond donors (Lipinski definition) is 3. The number of thioether (sulfide) groups is 1. The summed E-state index contributed by atoms with van der Waals surface area (Å²) in [6.07, 6.45) is 2.06. The van der Waals surface area contributed by atoms with Crippen LogP contribution in [0, 0.1) is 0 Å². The van der Waals surface area contributed by atoms with E-state index in [1.165, 1.54) is 7.05 Å². The van der Waals surface area contributed by atoms with Crippen molar-refractivity contribution in [1.82, 2.24) is 15.4 Å². The minimum Gasteiger partial charge on any atom is -0.357 e. The molecule has 0 saturated heterocycles. The summed E-state index contributed by atoms with van der Waals surface area (Å²) in [7, 11) is -1.98. The number of sulfonamides is 1. The monoisotopic (exact) mass is 344 g/mol. The van der Waals surface area contributed by atoms with Crippen LogP contribution in [0.5, 0.6) is 0 Å². The van der Waals surface area contributed by atoms with Crippen LogP contribution in [0.2, 0.25) is 0 Å². The molecule has 6 nitrogen and oxygen atoms in total. The third kappa shape index (κ3) is 6.25. The van der Waals surface area contributed by atoms with Crippen molar-refractivity contribution in [3.8, 4) is 0 Å². The van der Waals surface area contributed by atoms with Gasteiger partial charge in [0.2, 0.25) is 10.0 Å². The zero-order valence-electron chi connectivity index (χ0n) is 13.2. The molecule has 1 rings (SSSR count). The zero-order chi connectivity index (χ0) is 16.4. The van der Waals surface area contributed by atoms with Crippen molar-refractivity contribution < 1.29 is 8.42 Å². The predicted molar refractivity (Wildman–Crippen MR) is 93.9 cm³/mol. The maximum Gasteiger partial charge on any atom is 0.240 e. The molecule has 1 aromatic carbocycles. The Labute approximate surface area is 137 Å². The highest BCUT2D eigenvalue weighted by atomic mass is 32.2. The Morgan fingerprint density at radius 2 is 1.91 bits per heavy atom. The third-order valence-corrected chi connectivity index (χ3v) is 4.91. The van der Waals surface area contributed by atoms with Gasteiger partial charge in [-0.05, 0) is 37.9 Å². The Hall–Kier alpha value is -1.25. The first-order valence-electron chi connectivity index (χ1n) is 7.07. The molecule has 0 spiro atoms. The molecule has 0 aliphatic rings. The average molecular weight is 345 g/mol. The summed E-state index contributed by atoms with van der Waals surface area (Å²) in [6, 6.07) is 6.73. The number of hydrogen-bond acceptors (Lipinski definition) is 4. The van der Waals surface area contributed by atoms with Gasteiger partial charge >= 0.3 is 0 Å². The van der Waals surface area contributed by atoms with Gasteiger partial charge in [-0.15, -0.1) is 0 Å². The van der Waals surface area contributed by atoms with Crippen molar-refractivity contribution in [3.63, 3.8) is 0 Å². The number of guanidine groups is 1. The van der Waals surface area contributed by atoms with Gasteiger partial charge in [0.05, 0.1) is 11.4 Å². The molecule has 3 N–H and O–H groups in total. The summed E-state index contributed by atoms with van der Waals surface area (Å²) < 4.78 is 25.6. The molecule has 0 aliphatic heterocycles. The van der Waals surface area contributed by atoms with Gasteiger partial charge in [0.25, 0.3) is 0 Å². The number of nitrogens with zero attached hydrogens (tertiary/aromatic N) is 1. The molecule has 0 aromatic heterocycles. The third-order valence-electron chi connectivity index (χ3n) is 2.86. The second-order valence-corrected chi connectivity index (χ2v) is 7.34. The van der Waals surface area contributed by atoms with Crippen LogP contribution in [0.4, 0.5) is 0 Å². The van der Waals surface area contributed by atoms with Gasteiger partial charge < -0.3 is 10.6 Å². The second-order valence-electron chi connectivity index (χ2n) is 4.47. The lowest BCUT2D eigenvalue weighted by atomic mass is 10.2. The topological polar surface area (TPSA) is 82.6 Å². The molecule has 1 aromatic rings. The van der Waals surface area contributed by atoms with E-state index in [4.69, 9.17) is 0 Å². The lowest BCUT2D eigenvalue weighted by Gasteiger charge is -2.10. The van der Waals surface area contributed by atoms with Crippen LogP contribution in [-0.2, 0) is 16.6 Å². The fourth-order valence-electron chi connectivity index (χ4n) is 1.68. The summed E-state index contributed by atoms with van der Waals surface area (Å²) >= 11 is 1.77. The molecule has 0 atom stereocenters. The Morgan fingerprint density at radius 3 is 2.45 bits per heavy atom. The summed E-state index contributed by atoms with van der Waals surface area (Å²) in [5.41, 5.74) is 0.956. The van der Waals surface area contributed by atoms with Crippen LogP contribution in [0.15, 0.2) is 34.2 Å². The molecular weight excluding hydrogens is 320 g/mol. The number of benzene rings is 1. The lowest BCUT2D eigenvalue weighted by molar-refractivity contribution is 0.588. The minimum absolute atomic E-state index is 0.257. The molecule has 8 heteroatoms. The summed E-state index contributed by atoms with van der Waals surface area (Å²) in [4.78, 5) is 4.74. The van der Waals surface area contributed by atoms with Crippen molar-refractivity contribution in [2.75, 3.05) is 32.1 Å². The Bertz CT molecular complexity index is 571. The van der Waals surface area contributed by atoms with Crippen LogP contribution < -0.4 is 15.4 Å². The van der Waals surface area contributed by atoms with E-state index in [-0.39, 0.29) is 4.90 Å². The Kier molecular flexibility index (Phi) is 8.29. The molecule has 0 unspecified atom stereocenters. The van der Waals surface area contributed by atoms with E-state index >= 15 is 0 Å². The highest BCUT2D eigenvalue weighted by Crippen LogP contribution is 2.10. The van der Waals surface area contributed by atoms with Crippen molar-refractivity contribution >= 4 is 27.7 Å². The van der Waals surface area contributed by atoms with E-state index in [2.05, 4.69) is 26.6 Å². The van der Waals surface area contributed by atoms with Crippen molar-refractivity contribution in [1.29, 1.82) is 0 Å². The molecular formula is C14H24N4O2S2. The number of nitrogens with one attached hydrogen (secondary N) is 3. The minimum atomic E-state index is -3.38. The maximum atomic E-state index is 11.6. The van der Waals surface area contributed by atoms with Gasteiger partial charge in [-0.2, -0.15) is 11.8 Å². The molecule has 124 valence electrons. The summed E-state index contributed by atoms with van der Waals surface area (Å²) in [6.45, 7) is 4.16. The van der Waals surface area contributed by atoms with Crippen LogP contribution in [0.1, 0.15) is 12.5 Å². The van der Waals surface area contributed by atoms with Gasteiger partial charge in [0.15, 0.2) is 5.96 Å². The average Bonchev–Trinajstić information content (AvgIpc) is 2.53. The highest BCUT2D eigenvalue weighted by molar-refractivity contribution is 7.98. The van der Waals surface area contributed by atoms with Crippen LogP contribution in [0.3, 0.4) is 0 Å². The van der Waals surface area contributed by atoms with E-state index in [1.807, 2.05) is 6.92 Å². The fourth-order valence-corrected chi connectivity index (χ4v) is 2.71. The summed E-state index contributed by atoms with van der Waals surface area (Å²) in [5, 5.41) is 6.43. The quantitative estimate of drug-likeness (QED) is 0.372. The normalized spacial score (nSPS) is 12.2. The van der Waals surface area contributed by atoms with Crippen molar-refractivity contribution in [2.45, 2.75) is 18.4 Å². The van der Waals surface area contributed by atoms with Gasteiger partial charge in [0, 0.05) is 18.8 Å². The number of rotatable bonds is 8. The van der Waals surface area contributed by atoms with Gasteiger partial charge in [-0.25, -0.2) is 18.1 Å². The van der Waals surface area contributed by atoms with Gasteiger partial charge in [-0.1, -0.05) is 12.1 Å². The smallest absolute Gasteiger partial charge is 0.240 e. The predicted octanol–water partition coefficient (Wildman–Crippen LogP) is 1.01. The largest absolute Gasteiger partial charge is 0.357 e. The zero-order valence-corrected chi connectivity index (χ0v) is 14.9. The standard InChI is InChI=1S/C14H24N4O2S2/c1-4-16-14(17-9-10-21-3)18-11-12-5-7-13(8-6-12)22(19,20)15-2/h5-8,15H,4,9-11H2,1-3H3,(H2,16,17,18). The molecule has 0 amide bonds. The maximum absolute atomic E-state index is 11.6. The summed E-state index contributed by atoms with van der Waals surface area (Å²) in [5.74, 6) is 1.78. The molecule has 0 saturated carbocycles. The fraction of sp³-hybridized carbons (Fsp3) is 0.500. The molecule has 0 radical (unpaired) electrons. The molecule has 0 fully saturated rings. The first-order valence-corrected chi connectivity index (χ1v) is 9.94. The molecule has 0 aliphatic carbocycles. The van der Waals surface area contributed by atoms with Crippen molar-refractivity contribution in [3.05, 3.63) is 29.8 Å². The van der Waals surface area contributed by atoms with Crippen molar-refractivity contribution in [2.24, 2.45) is 4.99 Å². The molecule has 22 heavy (non-hydrogen) atoms. The lowest BCUT2D eigenvalue weighted by Crippen LogP contribution is -2.38. The Morgan fingerprint density at radius 1 is 1.23 bits per heavy atom. The molecule has 0 bridgehead atoms. The van der Waals surface area contributed by atoms with E-state index in [0.717, 1.165) is 30.4 Å². The second kappa shape index (κ2) is 9.70. The van der Waals surface area contributed by atoms with E-state index in [0.29, 0.717) is 6.54 Å². The van der Waals surface area contributed by atoms with E-state index in [9.17, 15) is 8.42 Å².